The number of nitrogens with zero attached hydrogens (tertiary/aromatic N) is 1. The number of allylic oxidation sites excluding steroid dienone is 1. The highest BCUT2D eigenvalue weighted by Gasteiger charge is 2.41. The highest BCUT2D eigenvalue weighted by atomic mass is 19.1. The van der Waals surface area contributed by atoms with E-state index in [-0.39, 0.29) is 18.3 Å². The summed E-state index contributed by atoms with van der Waals surface area (Å²) in [6.45, 7) is 4.01. The Balaban J connectivity index is 2.11. The Bertz CT molecular complexity index is 611. The van der Waals surface area contributed by atoms with Gasteiger partial charge in [-0.3, -0.25) is 9.59 Å². The van der Waals surface area contributed by atoms with Crippen LogP contribution in [0.4, 0.5) is 4.39 Å². The maximum Gasteiger partial charge on any atom is 0.311 e. The Morgan fingerprint density at radius 1 is 1.43 bits per heavy atom. The fraction of sp³-hybridized carbons (Fsp3) is 0.375. The van der Waals surface area contributed by atoms with Gasteiger partial charge in [0, 0.05) is 19.2 Å². The van der Waals surface area contributed by atoms with E-state index in [0.29, 0.717) is 24.1 Å². The monoisotopic (exact) mass is 291 g/mol. The maximum absolute atomic E-state index is 13.2. The van der Waals surface area contributed by atoms with Crippen molar-refractivity contribution in [3.05, 3.63) is 41.7 Å². The normalized spacial score (nSPS) is 22.4. The van der Waals surface area contributed by atoms with Crippen LogP contribution in [-0.4, -0.2) is 35.0 Å². The van der Waals surface area contributed by atoms with Crippen LogP contribution in [-0.2, 0) is 9.59 Å². The molecule has 1 saturated heterocycles. The lowest BCUT2D eigenvalue weighted by Crippen LogP contribution is -2.34. The lowest BCUT2D eigenvalue weighted by molar-refractivity contribution is -0.147. The van der Waals surface area contributed by atoms with Gasteiger partial charge in [-0.15, -0.1) is 0 Å². The first-order chi connectivity index (χ1) is 9.82. The number of hydrogen-bond donors (Lipinski definition) is 1. The summed E-state index contributed by atoms with van der Waals surface area (Å²) in [4.78, 5) is 24.9. The number of amides is 1. The highest BCUT2D eigenvalue weighted by Crippen LogP contribution is 2.30. The zero-order valence-corrected chi connectivity index (χ0v) is 12.1. The molecule has 1 aliphatic rings. The number of carbonyl (C=O) groups is 2. The number of carboxylic acid groups (broad SMARTS) is 1. The van der Waals surface area contributed by atoms with Gasteiger partial charge in [-0.1, -0.05) is 12.1 Å². The summed E-state index contributed by atoms with van der Waals surface area (Å²) in [5, 5.41) is 9.17. The summed E-state index contributed by atoms with van der Waals surface area (Å²) in [6.07, 6.45) is 1.88. The molecule has 112 valence electrons. The van der Waals surface area contributed by atoms with Crippen molar-refractivity contribution in [2.75, 3.05) is 13.1 Å². The topological polar surface area (TPSA) is 57.6 Å². The third kappa shape index (κ3) is 3.29. The first-order valence-electron chi connectivity index (χ1n) is 6.78. The summed E-state index contributed by atoms with van der Waals surface area (Å²) in [5.41, 5.74) is 0.419. The third-order valence-corrected chi connectivity index (χ3v) is 3.92. The molecule has 1 aromatic carbocycles. The van der Waals surface area contributed by atoms with Crippen LogP contribution in [0.25, 0.3) is 5.57 Å². The van der Waals surface area contributed by atoms with Crippen LogP contribution >= 0.6 is 0 Å². The second kappa shape index (κ2) is 5.68. The molecule has 1 aromatic rings. The molecule has 2 rings (SSSR count). The Morgan fingerprint density at radius 3 is 2.71 bits per heavy atom. The predicted octanol–water partition coefficient (Wildman–Crippen LogP) is 2.55. The molecule has 1 amide bonds. The summed E-state index contributed by atoms with van der Waals surface area (Å²) >= 11 is 0. The van der Waals surface area contributed by atoms with Crippen molar-refractivity contribution < 1.29 is 19.1 Å². The van der Waals surface area contributed by atoms with Gasteiger partial charge in [0.05, 0.1) is 5.41 Å². The molecule has 0 spiro atoms. The van der Waals surface area contributed by atoms with Crippen molar-refractivity contribution in [2.45, 2.75) is 20.3 Å². The quantitative estimate of drug-likeness (QED) is 0.871. The number of likely N-dealkylation sites (tertiary alicyclic amines) is 1. The molecule has 0 saturated carbocycles. The zero-order chi connectivity index (χ0) is 15.6. The molecule has 1 heterocycles. The largest absolute Gasteiger partial charge is 0.481 e. The van der Waals surface area contributed by atoms with E-state index in [9.17, 15) is 14.0 Å². The van der Waals surface area contributed by atoms with Crippen LogP contribution in [0.1, 0.15) is 25.8 Å². The molecule has 0 aromatic heterocycles. The average molecular weight is 291 g/mol. The molecule has 5 heteroatoms. The Kier molecular flexibility index (Phi) is 4.11. The lowest BCUT2D eigenvalue weighted by atomic mass is 9.90. The van der Waals surface area contributed by atoms with Crippen LogP contribution in [0, 0.1) is 11.2 Å². The molecular formula is C16H18FNO3. The molecule has 1 unspecified atom stereocenters. The number of hydrogen-bond acceptors (Lipinski definition) is 2. The van der Waals surface area contributed by atoms with E-state index in [4.69, 9.17) is 5.11 Å². The standard InChI is InChI=1S/C16H18FNO3/c1-11(12-4-3-5-13(17)9-12)8-14(19)18-7-6-16(2,10-18)15(20)21/h3-5,8-9H,6-7,10H2,1-2H3,(H,20,21). The van der Waals surface area contributed by atoms with Crippen LogP contribution < -0.4 is 0 Å². The fourth-order valence-electron chi connectivity index (χ4n) is 2.42. The van der Waals surface area contributed by atoms with E-state index in [2.05, 4.69) is 0 Å². The zero-order valence-electron chi connectivity index (χ0n) is 12.1. The van der Waals surface area contributed by atoms with Crippen molar-refractivity contribution >= 4 is 17.4 Å². The second-order valence-corrected chi connectivity index (χ2v) is 5.71. The molecule has 1 fully saturated rings. The van der Waals surface area contributed by atoms with Gasteiger partial charge in [0.15, 0.2) is 0 Å². The molecule has 0 bridgehead atoms. The third-order valence-electron chi connectivity index (χ3n) is 3.92. The number of halogens is 1. The number of aliphatic carboxylic acids is 1. The van der Waals surface area contributed by atoms with E-state index < -0.39 is 11.4 Å². The molecule has 21 heavy (non-hydrogen) atoms. The molecular weight excluding hydrogens is 273 g/mol. The SMILES string of the molecule is CC(=CC(=O)N1CCC(C)(C(=O)O)C1)c1cccc(F)c1. The highest BCUT2D eigenvalue weighted by molar-refractivity contribution is 5.95. The van der Waals surface area contributed by atoms with Gasteiger partial charge in [0.25, 0.3) is 0 Å². The van der Waals surface area contributed by atoms with E-state index in [1.54, 1.807) is 26.0 Å². The van der Waals surface area contributed by atoms with Crippen molar-refractivity contribution in [2.24, 2.45) is 5.41 Å². The summed E-state index contributed by atoms with van der Waals surface area (Å²) < 4.78 is 13.2. The molecule has 0 aliphatic carbocycles. The Labute approximate surface area is 122 Å². The van der Waals surface area contributed by atoms with Gasteiger partial charge in [0.1, 0.15) is 5.82 Å². The van der Waals surface area contributed by atoms with Crippen molar-refractivity contribution in [1.29, 1.82) is 0 Å². The average Bonchev–Trinajstić information content (AvgIpc) is 2.83. The van der Waals surface area contributed by atoms with E-state index in [1.807, 2.05) is 0 Å². The summed E-state index contributed by atoms with van der Waals surface area (Å²) in [6, 6.07) is 6.03. The number of carbonyl (C=O) groups excluding carboxylic acids is 1. The van der Waals surface area contributed by atoms with Crippen molar-refractivity contribution in [3.8, 4) is 0 Å². The minimum Gasteiger partial charge on any atom is -0.481 e. The van der Waals surface area contributed by atoms with Crippen molar-refractivity contribution in [3.63, 3.8) is 0 Å². The van der Waals surface area contributed by atoms with Crippen LogP contribution in [0.15, 0.2) is 30.3 Å². The smallest absolute Gasteiger partial charge is 0.311 e. The van der Waals surface area contributed by atoms with Crippen LogP contribution in [0.5, 0.6) is 0 Å². The van der Waals surface area contributed by atoms with Gasteiger partial charge in [0.2, 0.25) is 5.91 Å². The molecule has 1 aliphatic heterocycles. The van der Waals surface area contributed by atoms with E-state index in [1.165, 1.54) is 23.1 Å². The van der Waals surface area contributed by atoms with Gasteiger partial charge in [-0.05, 0) is 43.5 Å². The van der Waals surface area contributed by atoms with Gasteiger partial charge in [-0.25, -0.2) is 4.39 Å². The van der Waals surface area contributed by atoms with Crippen LogP contribution in [0.3, 0.4) is 0 Å². The minimum atomic E-state index is -0.886. The first-order valence-corrected chi connectivity index (χ1v) is 6.78. The second-order valence-electron chi connectivity index (χ2n) is 5.71. The Hall–Kier alpha value is -2.17. The Morgan fingerprint density at radius 2 is 2.14 bits per heavy atom. The molecule has 4 nitrogen and oxygen atoms in total. The maximum atomic E-state index is 13.2. The summed E-state index contributed by atoms with van der Waals surface area (Å²) in [5.74, 6) is -1.47. The lowest BCUT2D eigenvalue weighted by Gasteiger charge is -2.19. The molecule has 0 radical (unpaired) electrons. The van der Waals surface area contributed by atoms with Crippen molar-refractivity contribution in [1.82, 2.24) is 4.90 Å². The van der Waals surface area contributed by atoms with Gasteiger partial charge < -0.3 is 10.0 Å². The van der Waals surface area contributed by atoms with Gasteiger partial charge >= 0.3 is 5.97 Å². The summed E-state index contributed by atoms with van der Waals surface area (Å²) in [7, 11) is 0. The first kappa shape index (κ1) is 15.2. The number of benzene rings is 1. The number of carboxylic acids is 1. The molecule has 1 N–H and O–H groups in total. The predicted molar refractivity (Wildman–Crippen MR) is 77.0 cm³/mol. The van der Waals surface area contributed by atoms with E-state index in [0.717, 1.165) is 0 Å². The fourth-order valence-corrected chi connectivity index (χ4v) is 2.42. The van der Waals surface area contributed by atoms with E-state index >= 15 is 0 Å². The number of rotatable bonds is 3. The van der Waals surface area contributed by atoms with Crippen LogP contribution in [0.2, 0.25) is 0 Å². The minimum absolute atomic E-state index is 0.202. The molecule has 1 atom stereocenters. The van der Waals surface area contributed by atoms with Gasteiger partial charge in [-0.2, -0.15) is 0 Å².